The predicted octanol–water partition coefficient (Wildman–Crippen LogP) is 4.04. The van der Waals surface area contributed by atoms with Crippen molar-refractivity contribution < 1.29 is 23.8 Å². The monoisotopic (exact) mass is 376 g/mol. The van der Waals surface area contributed by atoms with Crippen LogP contribution in [-0.2, 0) is 23.8 Å². The predicted molar refractivity (Wildman–Crippen MR) is 97.1 cm³/mol. The van der Waals surface area contributed by atoms with Gasteiger partial charge in [0, 0.05) is 18.3 Å². The maximum absolute atomic E-state index is 12.5. The first-order valence-electron chi connectivity index (χ1n) is 10.7. The molecule has 5 rings (SSSR count). The fraction of sp³-hybridized carbons (Fsp3) is 0.909. The van der Waals surface area contributed by atoms with E-state index in [-0.39, 0.29) is 34.6 Å². The smallest absolute Gasteiger partial charge is 0.311 e. The van der Waals surface area contributed by atoms with Gasteiger partial charge in [-0.3, -0.25) is 9.59 Å². The lowest BCUT2D eigenvalue weighted by Crippen LogP contribution is -2.62. The molecule has 5 heteroatoms. The lowest BCUT2D eigenvalue weighted by molar-refractivity contribution is -0.251. The Labute approximate surface area is 161 Å². The van der Waals surface area contributed by atoms with Gasteiger partial charge >= 0.3 is 11.9 Å². The fourth-order valence-corrected chi connectivity index (χ4v) is 8.45. The van der Waals surface area contributed by atoms with Gasteiger partial charge in [-0.2, -0.15) is 0 Å². The number of fused-ring (bicyclic) bond motifs is 2. The summed E-state index contributed by atoms with van der Waals surface area (Å²) in [6.45, 7) is 8.78. The molecule has 0 N–H and O–H groups in total. The lowest BCUT2D eigenvalue weighted by Gasteiger charge is -2.65. The normalized spacial score (nSPS) is 52.4. The van der Waals surface area contributed by atoms with Crippen molar-refractivity contribution in [2.75, 3.05) is 0 Å². The van der Waals surface area contributed by atoms with Crippen molar-refractivity contribution in [2.45, 2.75) is 85.2 Å². The second kappa shape index (κ2) is 5.49. The zero-order chi connectivity index (χ0) is 19.2. The van der Waals surface area contributed by atoms with Crippen LogP contribution in [0.4, 0.5) is 0 Å². The molecule has 0 bridgehead atoms. The van der Waals surface area contributed by atoms with E-state index < -0.39 is 12.6 Å². The molecule has 27 heavy (non-hydrogen) atoms. The summed E-state index contributed by atoms with van der Waals surface area (Å²) in [5, 5.41) is 0. The molecule has 4 unspecified atom stereocenters. The van der Waals surface area contributed by atoms with Gasteiger partial charge < -0.3 is 14.2 Å². The van der Waals surface area contributed by atoms with Crippen molar-refractivity contribution in [1.29, 1.82) is 0 Å². The summed E-state index contributed by atoms with van der Waals surface area (Å²) in [5.74, 6) is 0.604. The molecule has 150 valence electrons. The van der Waals surface area contributed by atoms with Crippen LogP contribution in [0.25, 0.3) is 0 Å². The molecular weight excluding hydrogens is 344 g/mol. The van der Waals surface area contributed by atoms with Crippen LogP contribution < -0.4 is 0 Å². The van der Waals surface area contributed by atoms with Crippen molar-refractivity contribution in [3.63, 3.8) is 0 Å². The van der Waals surface area contributed by atoms with Gasteiger partial charge in [0.05, 0.1) is 5.92 Å². The molecule has 1 spiro atoms. The molecule has 2 heterocycles. The highest BCUT2D eigenvalue weighted by atomic mass is 16.8. The zero-order valence-electron chi connectivity index (χ0n) is 17.0. The summed E-state index contributed by atoms with van der Waals surface area (Å²) < 4.78 is 17.5. The largest absolute Gasteiger partial charge is 0.435 e. The Balaban J connectivity index is 1.61. The Bertz CT molecular complexity index is 686. The molecule has 5 aliphatic rings. The molecular formula is C22H32O5. The van der Waals surface area contributed by atoms with Crippen molar-refractivity contribution in [3.8, 4) is 0 Å². The summed E-state index contributed by atoms with van der Waals surface area (Å²) in [6, 6.07) is 0. The van der Waals surface area contributed by atoms with Crippen LogP contribution in [0.5, 0.6) is 0 Å². The second-order valence-electron chi connectivity index (χ2n) is 10.7. The van der Waals surface area contributed by atoms with Crippen LogP contribution in [0.2, 0.25) is 0 Å². The third-order valence-corrected chi connectivity index (χ3v) is 9.21. The van der Waals surface area contributed by atoms with E-state index in [0.717, 1.165) is 25.7 Å². The first kappa shape index (κ1) is 18.0. The summed E-state index contributed by atoms with van der Waals surface area (Å²) >= 11 is 0. The molecule has 5 nitrogen and oxygen atoms in total. The van der Waals surface area contributed by atoms with Crippen molar-refractivity contribution in [3.05, 3.63) is 0 Å². The quantitative estimate of drug-likeness (QED) is 0.646. The van der Waals surface area contributed by atoms with Gasteiger partial charge in [0.15, 0.2) is 0 Å². The van der Waals surface area contributed by atoms with E-state index in [2.05, 4.69) is 20.8 Å². The molecule has 0 aromatic rings. The van der Waals surface area contributed by atoms with E-state index in [4.69, 9.17) is 14.2 Å². The standard InChI is InChI=1S/C22H32O5/c1-12(23)25-19-22-11-8-14-20(2,3)9-5-10-21(14,4)15(22)7-6-13-16(22)18(27-19)26-17(13)24/h13-16,18-19H,5-11H2,1-4H3/t13?,14-,15?,16-,18?,19+,21-,22?/m0/s1. The minimum Gasteiger partial charge on any atom is -0.435 e. The molecule has 0 aromatic heterocycles. The van der Waals surface area contributed by atoms with E-state index >= 15 is 0 Å². The summed E-state index contributed by atoms with van der Waals surface area (Å²) in [4.78, 5) is 24.3. The van der Waals surface area contributed by atoms with E-state index in [1.165, 1.54) is 26.2 Å². The van der Waals surface area contributed by atoms with Gasteiger partial charge in [0.2, 0.25) is 12.6 Å². The van der Waals surface area contributed by atoms with E-state index in [9.17, 15) is 9.59 Å². The van der Waals surface area contributed by atoms with Gasteiger partial charge in [-0.25, -0.2) is 0 Å². The third kappa shape index (κ3) is 2.15. The molecule has 3 aliphatic carbocycles. The Kier molecular flexibility index (Phi) is 3.65. The van der Waals surface area contributed by atoms with E-state index in [1.807, 2.05) is 0 Å². The van der Waals surface area contributed by atoms with E-state index in [0.29, 0.717) is 17.3 Å². The summed E-state index contributed by atoms with van der Waals surface area (Å²) in [6.07, 6.45) is 6.61. The molecule has 0 radical (unpaired) electrons. The lowest BCUT2D eigenvalue weighted by atomic mass is 9.38. The van der Waals surface area contributed by atoms with Crippen LogP contribution >= 0.6 is 0 Å². The Morgan fingerprint density at radius 2 is 1.85 bits per heavy atom. The van der Waals surface area contributed by atoms with Crippen molar-refractivity contribution >= 4 is 11.9 Å². The van der Waals surface area contributed by atoms with Crippen LogP contribution in [0.1, 0.15) is 72.6 Å². The first-order chi connectivity index (χ1) is 12.7. The second-order valence-corrected chi connectivity index (χ2v) is 10.7. The average molecular weight is 376 g/mol. The van der Waals surface area contributed by atoms with Crippen LogP contribution in [0.15, 0.2) is 0 Å². The van der Waals surface area contributed by atoms with Crippen LogP contribution in [0.3, 0.4) is 0 Å². The average Bonchev–Trinajstić information content (AvgIpc) is 3.04. The SMILES string of the molecule is CC(=O)O[C@@H]1OC2OC(=O)C3CCC4C1(CC[C@H]1C(C)(C)CCC[C@]41C)[C@H]23. The highest BCUT2D eigenvalue weighted by Crippen LogP contribution is 2.73. The zero-order valence-corrected chi connectivity index (χ0v) is 17.0. The third-order valence-electron chi connectivity index (χ3n) is 9.21. The van der Waals surface area contributed by atoms with Gasteiger partial charge in [-0.05, 0) is 61.2 Å². The Hall–Kier alpha value is -1.10. The molecule has 3 saturated carbocycles. The minimum absolute atomic E-state index is 0.0379. The van der Waals surface area contributed by atoms with Crippen LogP contribution in [0, 0.1) is 39.9 Å². The number of ether oxygens (including phenoxy) is 3. The van der Waals surface area contributed by atoms with Gasteiger partial charge in [0.25, 0.3) is 0 Å². The highest BCUT2D eigenvalue weighted by molar-refractivity contribution is 5.76. The Morgan fingerprint density at radius 3 is 2.59 bits per heavy atom. The van der Waals surface area contributed by atoms with Crippen molar-refractivity contribution in [1.82, 2.24) is 0 Å². The number of hydrogen-bond acceptors (Lipinski definition) is 5. The molecule has 2 saturated heterocycles. The topological polar surface area (TPSA) is 61.8 Å². The first-order valence-corrected chi connectivity index (χ1v) is 10.7. The molecule has 0 amide bonds. The number of carbonyl (C=O) groups excluding carboxylic acids is 2. The number of carbonyl (C=O) groups is 2. The molecule has 0 aromatic carbocycles. The molecule has 8 atom stereocenters. The minimum atomic E-state index is -0.575. The molecule has 5 fully saturated rings. The maximum atomic E-state index is 12.5. The van der Waals surface area contributed by atoms with E-state index in [1.54, 1.807) is 0 Å². The molecule has 2 aliphatic heterocycles. The Morgan fingerprint density at radius 1 is 1.07 bits per heavy atom. The number of rotatable bonds is 1. The summed E-state index contributed by atoms with van der Waals surface area (Å²) in [5.41, 5.74) is 0.264. The van der Waals surface area contributed by atoms with Crippen LogP contribution in [-0.4, -0.2) is 24.5 Å². The number of hydrogen-bond donors (Lipinski definition) is 0. The van der Waals surface area contributed by atoms with Gasteiger partial charge in [0.1, 0.15) is 0 Å². The number of esters is 2. The maximum Gasteiger partial charge on any atom is 0.311 e. The summed E-state index contributed by atoms with van der Waals surface area (Å²) in [7, 11) is 0. The van der Waals surface area contributed by atoms with Crippen molar-refractivity contribution in [2.24, 2.45) is 39.9 Å². The van der Waals surface area contributed by atoms with Gasteiger partial charge in [-0.1, -0.05) is 27.2 Å². The fourth-order valence-electron chi connectivity index (χ4n) is 8.45. The highest BCUT2D eigenvalue weighted by Gasteiger charge is 2.75. The van der Waals surface area contributed by atoms with Gasteiger partial charge in [-0.15, -0.1) is 0 Å².